The molecular weight excluding hydrogens is 440 g/mol. The number of halogens is 4. The van der Waals surface area contributed by atoms with E-state index in [0.717, 1.165) is 6.07 Å². The van der Waals surface area contributed by atoms with Crippen LogP contribution in [0, 0.1) is 12.7 Å². The van der Waals surface area contributed by atoms with Crippen LogP contribution in [-0.2, 0) is 15.8 Å². The van der Waals surface area contributed by atoms with Crippen LogP contribution >= 0.6 is 0 Å². The number of hydrogen-bond donors (Lipinski definition) is 3. The normalized spacial score (nSPS) is 16.2. The molecule has 4 rings (SSSR count). The third-order valence-electron chi connectivity index (χ3n) is 5.35. The molecule has 2 amide bonds. The number of H-pyrrole nitrogens is 1. The van der Waals surface area contributed by atoms with E-state index in [1.54, 1.807) is 19.1 Å². The lowest BCUT2D eigenvalue weighted by molar-refractivity contribution is -0.141. The van der Waals surface area contributed by atoms with Gasteiger partial charge in [-0.1, -0.05) is 24.3 Å². The van der Waals surface area contributed by atoms with Gasteiger partial charge in [-0.3, -0.25) is 14.7 Å². The molecule has 3 N–H and O–H groups in total. The standard InChI is InChI=1S/C23H18F4N4O2/c1-12-2-3-14(19-10-20(31-30-19)23(25,26)27)8-18(12)29-22(33)17-11-28-21(32)9-16(17)13-4-6-15(24)7-5-13/h2-8,10-11,16H,9H2,1H3,(H,28,32)(H,29,33)(H,30,31)/t16-/m0/s1. The van der Waals surface area contributed by atoms with Crippen LogP contribution in [0.15, 0.2) is 60.3 Å². The van der Waals surface area contributed by atoms with Gasteiger partial charge in [0.2, 0.25) is 5.91 Å². The zero-order chi connectivity index (χ0) is 23.8. The molecule has 3 aromatic rings. The van der Waals surface area contributed by atoms with Crippen LogP contribution in [0.25, 0.3) is 11.3 Å². The molecule has 1 aromatic heterocycles. The number of carbonyl (C=O) groups is 2. The van der Waals surface area contributed by atoms with Crippen molar-refractivity contribution in [2.24, 2.45) is 0 Å². The van der Waals surface area contributed by atoms with E-state index in [0.29, 0.717) is 22.4 Å². The minimum atomic E-state index is -4.56. The Balaban J connectivity index is 1.61. The minimum absolute atomic E-state index is 0.0113. The monoisotopic (exact) mass is 458 g/mol. The molecule has 0 spiro atoms. The van der Waals surface area contributed by atoms with Gasteiger partial charge in [0.25, 0.3) is 5.91 Å². The fourth-order valence-electron chi connectivity index (χ4n) is 3.55. The summed E-state index contributed by atoms with van der Waals surface area (Å²) in [6.07, 6.45) is -3.23. The molecule has 0 radical (unpaired) electrons. The predicted octanol–water partition coefficient (Wildman–Crippen LogP) is 4.67. The Morgan fingerprint density at radius 1 is 1.12 bits per heavy atom. The molecule has 0 fully saturated rings. The van der Waals surface area contributed by atoms with Crippen molar-refractivity contribution in [1.29, 1.82) is 0 Å². The molecule has 0 saturated carbocycles. The Kier molecular flexibility index (Phi) is 5.75. The molecular formula is C23H18F4N4O2. The molecule has 0 unspecified atom stereocenters. The van der Waals surface area contributed by atoms with Gasteiger partial charge in [-0.25, -0.2) is 4.39 Å². The second-order valence-electron chi connectivity index (χ2n) is 7.62. The fourth-order valence-corrected chi connectivity index (χ4v) is 3.55. The Morgan fingerprint density at radius 3 is 2.52 bits per heavy atom. The summed E-state index contributed by atoms with van der Waals surface area (Å²) in [6.45, 7) is 1.74. The third kappa shape index (κ3) is 4.79. The van der Waals surface area contributed by atoms with E-state index in [1.807, 2.05) is 5.10 Å². The zero-order valence-corrected chi connectivity index (χ0v) is 17.3. The van der Waals surface area contributed by atoms with E-state index in [2.05, 4.69) is 15.7 Å². The highest BCUT2D eigenvalue weighted by Gasteiger charge is 2.33. The molecule has 6 nitrogen and oxygen atoms in total. The number of anilines is 1. The number of aromatic nitrogens is 2. The lowest BCUT2D eigenvalue weighted by atomic mass is 9.86. The largest absolute Gasteiger partial charge is 0.432 e. The minimum Gasteiger partial charge on any atom is -0.332 e. The molecule has 2 aromatic carbocycles. The second-order valence-corrected chi connectivity index (χ2v) is 7.62. The van der Waals surface area contributed by atoms with Gasteiger partial charge in [-0.05, 0) is 42.3 Å². The van der Waals surface area contributed by atoms with Gasteiger partial charge in [-0.15, -0.1) is 0 Å². The van der Waals surface area contributed by atoms with Gasteiger partial charge < -0.3 is 10.6 Å². The van der Waals surface area contributed by atoms with E-state index in [4.69, 9.17) is 0 Å². The lowest BCUT2D eigenvalue weighted by Gasteiger charge is -2.24. The number of alkyl halides is 3. The maximum absolute atomic E-state index is 13.3. The van der Waals surface area contributed by atoms with E-state index in [1.165, 1.54) is 36.5 Å². The molecule has 10 heteroatoms. The maximum atomic E-state index is 13.3. The Labute approximate surface area is 185 Å². The van der Waals surface area contributed by atoms with E-state index in [-0.39, 0.29) is 23.6 Å². The summed E-state index contributed by atoms with van der Waals surface area (Å²) in [4.78, 5) is 25.0. The Morgan fingerprint density at radius 2 is 1.85 bits per heavy atom. The second kappa shape index (κ2) is 8.53. The van der Waals surface area contributed by atoms with Gasteiger partial charge in [-0.2, -0.15) is 18.3 Å². The van der Waals surface area contributed by atoms with Crippen molar-refractivity contribution < 1.29 is 27.2 Å². The fraction of sp³-hybridized carbons (Fsp3) is 0.174. The van der Waals surface area contributed by atoms with Crippen molar-refractivity contribution in [3.8, 4) is 11.3 Å². The summed E-state index contributed by atoms with van der Waals surface area (Å²) >= 11 is 0. The summed E-state index contributed by atoms with van der Waals surface area (Å²) in [5.74, 6) is -1.79. The van der Waals surface area contributed by atoms with Crippen LogP contribution in [0.2, 0.25) is 0 Å². The van der Waals surface area contributed by atoms with Crippen LogP contribution < -0.4 is 10.6 Å². The van der Waals surface area contributed by atoms with Gasteiger partial charge >= 0.3 is 6.18 Å². The number of aryl methyl sites for hydroxylation is 1. The van der Waals surface area contributed by atoms with Gasteiger partial charge in [0.15, 0.2) is 0 Å². The summed E-state index contributed by atoms with van der Waals surface area (Å²) in [6, 6.07) is 11.2. The molecule has 1 aliphatic rings. The number of nitrogens with zero attached hydrogens (tertiary/aromatic N) is 1. The van der Waals surface area contributed by atoms with Crippen molar-refractivity contribution in [1.82, 2.24) is 15.5 Å². The van der Waals surface area contributed by atoms with Gasteiger partial charge in [0.05, 0.1) is 5.69 Å². The van der Waals surface area contributed by atoms with Crippen molar-refractivity contribution in [2.75, 3.05) is 5.32 Å². The summed E-state index contributed by atoms with van der Waals surface area (Å²) in [5.41, 5.74) is 1.41. The van der Waals surface area contributed by atoms with Gasteiger partial charge in [0, 0.05) is 35.4 Å². The van der Waals surface area contributed by atoms with Gasteiger partial charge in [0.1, 0.15) is 11.5 Å². The summed E-state index contributed by atoms with van der Waals surface area (Å²) < 4.78 is 52.0. The zero-order valence-electron chi connectivity index (χ0n) is 17.3. The van der Waals surface area contributed by atoms with E-state index in [9.17, 15) is 27.2 Å². The van der Waals surface area contributed by atoms with E-state index >= 15 is 0 Å². The first kappa shape index (κ1) is 22.3. The van der Waals surface area contributed by atoms with Crippen LogP contribution in [-0.4, -0.2) is 22.0 Å². The smallest absolute Gasteiger partial charge is 0.332 e. The average molecular weight is 458 g/mol. The summed E-state index contributed by atoms with van der Waals surface area (Å²) in [5, 5.41) is 11.0. The van der Waals surface area contributed by atoms with Crippen molar-refractivity contribution >= 4 is 17.5 Å². The number of hydrogen-bond acceptors (Lipinski definition) is 3. The number of amides is 2. The third-order valence-corrected chi connectivity index (χ3v) is 5.35. The molecule has 2 heterocycles. The maximum Gasteiger partial charge on any atom is 0.432 e. The van der Waals surface area contributed by atoms with E-state index < -0.39 is 29.5 Å². The van der Waals surface area contributed by atoms with Crippen molar-refractivity contribution in [3.63, 3.8) is 0 Å². The van der Waals surface area contributed by atoms with Crippen LogP contribution in [0.5, 0.6) is 0 Å². The highest BCUT2D eigenvalue weighted by Crippen LogP contribution is 2.33. The summed E-state index contributed by atoms with van der Waals surface area (Å²) in [7, 11) is 0. The number of benzene rings is 2. The van der Waals surface area contributed by atoms with Crippen molar-refractivity contribution in [3.05, 3.63) is 82.9 Å². The number of aromatic amines is 1. The first-order chi connectivity index (χ1) is 15.6. The molecule has 33 heavy (non-hydrogen) atoms. The highest BCUT2D eigenvalue weighted by atomic mass is 19.4. The quantitative estimate of drug-likeness (QED) is 0.497. The SMILES string of the molecule is Cc1ccc(-c2cc(C(F)(F)F)[nH]n2)cc1NC(=O)C1=CNC(=O)C[C@H]1c1ccc(F)cc1. The number of rotatable bonds is 4. The molecule has 170 valence electrons. The molecule has 0 saturated heterocycles. The topological polar surface area (TPSA) is 86.9 Å². The van der Waals surface area contributed by atoms with Crippen molar-refractivity contribution in [2.45, 2.75) is 25.4 Å². The molecule has 1 aliphatic heterocycles. The molecule has 0 bridgehead atoms. The Bertz CT molecular complexity index is 1250. The molecule has 1 atom stereocenters. The average Bonchev–Trinajstić information content (AvgIpc) is 3.27. The molecule has 0 aliphatic carbocycles. The predicted molar refractivity (Wildman–Crippen MR) is 112 cm³/mol. The lowest BCUT2D eigenvalue weighted by Crippen LogP contribution is -2.32. The van der Waals surface area contributed by atoms with Crippen LogP contribution in [0.3, 0.4) is 0 Å². The first-order valence-corrected chi connectivity index (χ1v) is 9.91. The first-order valence-electron chi connectivity index (χ1n) is 9.91. The number of nitrogens with one attached hydrogen (secondary N) is 3. The van der Waals surface area contributed by atoms with Crippen LogP contribution in [0.4, 0.5) is 23.2 Å². The number of carbonyl (C=O) groups excluding carboxylic acids is 2. The van der Waals surface area contributed by atoms with Crippen LogP contribution in [0.1, 0.15) is 29.2 Å². The highest BCUT2D eigenvalue weighted by molar-refractivity contribution is 6.07. The Hall–Kier alpha value is -3.95.